The highest BCUT2D eigenvalue weighted by atomic mass is 79.9. The number of esters is 1. The number of rotatable bonds is 4. The molecule has 136 valence electrons. The Balaban J connectivity index is 1.63. The summed E-state index contributed by atoms with van der Waals surface area (Å²) in [6.07, 6.45) is 2.85. The average Bonchev–Trinajstić information content (AvgIpc) is 3.11. The molecule has 0 radical (unpaired) electrons. The molecule has 2 heterocycles. The first-order valence-corrected chi connectivity index (χ1v) is 11.1. The topological polar surface area (TPSA) is 79.2 Å². The molecule has 2 aromatic heterocycles. The highest BCUT2D eigenvalue weighted by Crippen LogP contribution is 2.39. The zero-order valence-corrected chi connectivity index (χ0v) is 18.5. The van der Waals surface area contributed by atoms with Crippen molar-refractivity contribution in [3.05, 3.63) is 35.2 Å². The highest BCUT2D eigenvalue weighted by Gasteiger charge is 2.25. The molecule has 9 heteroatoms. The van der Waals surface area contributed by atoms with Gasteiger partial charge in [-0.05, 0) is 68.7 Å². The summed E-state index contributed by atoms with van der Waals surface area (Å²) in [6, 6.07) is 3.84. The van der Waals surface area contributed by atoms with Crippen molar-refractivity contribution in [2.75, 3.05) is 11.9 Å². The third-order valence-corrected chi connectivity index (χ3v) is 8.46. The molecule has 0 saturated carbocycles. The van der Waals surface area contributed by atoms with Crippen molar-refractivity contribution in [2.24, 2.45) is 5.92 Å². The molecule has 0 fully saturated rings. The lowest BCUT2D eigenvalue weighted by Crippen LogP contribution is -2.20. The number of carbonyl (C=O) groups is 2. The highest BCUT2D eigenvalue weighted by molar-refractivity contribution is 9.13. The number of ether oxygens (including phenoxy) is 1. The van der Waals surface area contributed by atoms with E-state index in [4.69, 9.17) is 4.74 Å². The number of hydrogen-bond acceptors (Lipinski definition) is 6. The molecule has 0 saturated heterocycles. The van der Waals surface area contributed by atoms with Gasteiger partial charge < -0.3 is 10.1 Å². The van der Waals surface area contributed by atoms with Gasteiger partial charge in [0.2, 0.25) is 0 Å². The monoisotopic (exact) mass is 516 g/mol. The number of carbonyl (C=O) groups excluding carboxylic acids is 2. The third-order valence-electron chi connectivity index (χ3n) is 4.06. The van der Waals surface area contributed by atoms with Crippen LogP contribution in [0.15, 0.2) is 14.3 Å². The van der Waals surface area contributed by atoms with E-state index < -0.39 is 18.5 Å². The first-order valence-electron chi connectivity index (χ1n) is 7.85. The minimum Gasteiger partial charge on any atom is -0.451 e. The number of amides is 1. The lowest BCUT2D eigenvalue weighted by molar-refractivity contribution is -0.119. The van der Waals surface area contributed by atoms with Crippen LogP contribution in [0.25, 0.3) is 0 Å². The van der Waals surface area contributed by atoms with Crippen LogP contribution in [-0.2, 0) is 22.4 Å². The van der Waals surface area contributed by atoms with E-state index in [9.17, 15) is 14.9 Å². The molecular formula is C17H14Br2N2O3S2. The van der Waals surface area contributed by atoms with Crippen LogP contribution >= 0.6 is 54.5 Å². The fourth-order valence-corrected chi connectivity index (χ4v) is 6.08. The normalized spacial score (nSPS) is 15.8. The van der Waals surface area contributed by atoms with Crippen LogP contribution < -0.4 is 5.32 Å². The van der Waals surface area contributed by atoms with Gasteiger partial charge in [0.1, 0.15) is 15.9 Å². The third kappa shape index (κ3) is 4.19. The Kier molecular flexibility index (Phi) is 6.17. The largest absolute Gasteiger partial charge is 0.451 e. The molecule has 0 unspecified atom stereocenters. The predicted octanol–water partition coefficient (Wildman–Crippen LogP) is 5.13. The number of hydrogen-bond donors (Lipinski definition) is 1. The lowest BCUT2D eigenvalue weighted by atomic mass is 9.89. The van der Waals surface area contributed by atoms with Crippen molar-refractivity contribution < 1.29 is 14.3 Å². The Hall–Kier alpha value is -1.21. The molecule has 1 aliphatic rings. The molecule has 26 heavy (non-hydrogen) atoms. The zero-order valence-electron chi connectivity index (χ0n) is 13.7. The Labute approximate surface area is 175 Å². The van der Waals surface area contributed by atoms with Crippen LogP contribution in [0, 0.1) is 17.2 Å². The van der Waals surface area contributed by atoms with E-state index in [0.29, 0.717) is 21.4 Å². The van der Waals surface area contributed by atoms with E-state index in [1.165, 1.54) is 27.6 Å². The number of nitriles is 1. The SMILES string of the molecule is C[C@H]1CCc2c(sc(NC(=O)COC(=O)c3cc(Br)c(Br)s3)c2C#N)C1. The quantitative estimate of drug-likeness (QED) is 0.570. The maximum atomic E-state index is 12.2. The molecule has 0 bridgehead atoms. The van der Waals surface area contributed by atoms with Crippen molar-refractivity contribution in [1.29, 1.82) is 5.26 Å². The fraction of sp³-hybridized carbons (Fsp3) is 0.353. The molecule has 0 aromatic carbocycles. The van der Waals surface area contributed by atoms with Crippen molar-refractivity contribution in [2.45, 2.75) is 26.2 Å². The lowest BCUT2D eigenvalue weighted by Gasteiger charge is -2.17. The summed E-state index contributed by atoms with van der Waals surface area (Å²) in [7, 11) is 0. The zero-order chi connectivity index (χ0) is 18.8. The predicted molar refractivity (Wildman–Crippen MR) is 109 cm³/mol. The van der Waals surface area contributed by atoms with Gasteiger partial charge >= 0.3 is 5.97 Å². The first kappa shape index (κ1) is 19.5. The van der Waals surface area contributed by atoms with Crippen LogP contribution in [0.2, 0.25) is 0 Å². The summed E-state index contributed by atoms with van der Waals surface area (Å²) in [5, 5.41) is 12.7. The summed E-state index contributed by atoms with van der Waals surface area (Å²) < 4.78 is 6.61. The molecule has 0 aliphatic heterocycles. The van der Waals surface area contributed by atoms with Gasteiger partial charge in [-0.2, -0.15) is 5.26 Å². The molecule has 1 N–H and O–H groups in total. The van der Waals surface area contributed by atoms with E-state index in [-0.39, 0.29) is 0 Å². The Bertz CT molecular complexity index is 894. The van der Waals surface area contributed by atoms with E-state index >= 15 is 0 Å². The fourth-order valence-electron chi connectivity index (χ4n) is 2.77. The Morgan fingerprint density at radius 3 is 2.85 bits per heavy atom. The average molecular weight is 518 g/mol. The Morgan fingerprint density at radius 1 is 1.42 bits per heavy atom. The van der Waals surface area contributed by atoms with Gasteiger partial charge in [-0.15, -0.1) is 22.7 Å². The summed E-state index contributed by atoms with van der Waals surface area (Å²) >= 11 is 9.29. The molecule has 1 aliphatic carbocycles. The van der Waals surface area contributed by atoms with Crippen LogP contribution in [0.1, 0.15) is 39.0 Å². The number of anilines is 1. The van der Waals surface area contributed by atoms with Gasteiger partial charge in [-0.25, -0.2) is 4.79 Å². The molecule has 5 nitrogen and oxygen atoms in total. The molecular weight excluding hydrogens is 504 g/mol. The van der Waals surface area contributed by atoms with Crippen molar-refractivity contribution in [1.82, 2.24) is 0 Å². The summed E-state index contributed by atoms with van der Waals surface area (Å²) in [4.78, 5) is 25.7. The van der Waals surface area contributed by atoms with E-state index in [0.717, 1.165) is 33.1 Å². The second-order valence-corrected chi connectivity index (χ2v) is 10.4. The molecule has 3 rings (SSSR count). The van der Waals surface area contributed by atoms with Gasteiger partial charge in [-0.1, -0.05) is 6.92 Å². The minimum atomic E-state index is -0.559. The van der Waals surface area contributed by atoms with Crippen LogP contribution in [0.4, 0.5) is 5.00 Å². The number of thiophene rings is 2. The first-order chi connectivity index (χ1) is 12.4. The van der Waals surface area contributed by atoms with Gasteiger partial charge in [0.05, 0.1) is 9.35 Å². The second kappa shape index (κ2) is 8.21. The molecule has 1 atom stereocenters. The molecule has 0 spiro atoms. The van der Waals surface area contributed by atoms with Gasteiger partial charge in [0.15, 0.2) is 6.61 Å². The minimum absolute atomic E-state index is 0.393. The standard InChI is InChI=1S/C17H14Br2N2O3S2/c1-8-2-3-9-10(6-20)16(26-12(9)4-8)21-14(22)7-24-17(23)13-5-11(18)15(19)25-13/h5,8H,2-4,7H2,1H3,(H,21,22)/t8-/m0/s1. The maximum absolute atomic E-state index is 12.2. The van der Waals surface area contributed by atoms with E-state index in [1.54, 1.807) is 6.07 Å². The van der Waals surface area contributed by atoms with Crippen molar-refractivity contribution in [3.63, 3.8) is 0 Å². The summed E-state index contributed by atoms with van der Waals surface area (Å²) in [6.45, 7) is 1.80. The van der Waals surface area contributed by atoms with Crippen LogP contribution in [0.3, 0.4) is 0 Å². The second-order valence-electron chi connectivity index (χ2n) is 6.02. The van der Waals surface area contributed by atoms with Gasteiger partial charge in [0, 0.05) is 9.35 Å². The van der Waals surface area contributed by atoms with E-state index in [2.05, 4.69) is 50.2 Å². The Morgan fingerprint density at radius 2 is 2.19 bits per heavy atom. The smallest absolute Gasteiger partial charge is 0.348 e. The molecule has 1 amide bonds. The van der Waals surface area contributed by atoms with Gasteiger partial charge in [-0.3, -0.25) is 4.79 Å². The number of nitrogens with zero attached hydrogens (tertiary/aromatic N) is 1. The number of nitrogens with one attached hydrogen (secondary N) is 1. The van der Waals surface area contributed by atoms with Crippen molar-refractivity contribution in [3.8, 4) is 6.07 Å². The van der Waals surface area contributed by atoms with Crippen molar-refractivity contribution >= 4 is 71.4 Å². The number of halogens is 2. The summed E-state index contributed by atoms with van der Waals surface area (Å²) in [5.41, 5.74) is 1.60. The van der Waals surface area contributed by atoms with Gasteiger partial charge in [0.25, 0.3) is 5.91 Å². The van der Waals surface area contributed by atoms with Crippen LogP contribution in [-0.4, -0.2) is 18.5 Å². The maximum Gasteiger partial charge on any atom is 0.348 e. The molecule has 2 aromatic rings. The summed E-state index contributed by atoms with van der Waals surface area (Å²) in [5.74, 6) is -0.422. The number of fused-ring (bicyclic) bond motifs is 1. The van der Waals surface area contributed by atoms with Crippen LogP contribution in [0.5, 0.6) is 0 Å². The van der Waals surface area contributed by atoms with E-state index in [1.807, 2.05) is 0 Å².